The summed E-state index contributed by atoms with van der Waals surface area (Å²) in [6.07, 6.45) is 4.97. The summed E-state index contributed by atoms with van der Waals surface area (Å²) in [5, 5.41) is 9.87. The Kier molecular flexibility index (Phi) is 8.19. The number of likely N-dealkylation sites (N-methyl/N-ethyl adjacent to an activating group) is 1. The number of carbonyl (C=O) groups excluding carboxylic acids is 1. The van der Waals surface area contributed by atoms with E-state index in [1.807, 2.05) is 38.1 Å². The van der Waals surface area contributed by atoms with E-state index in [4.69, 9.17) is 14.7 Å². The predicted octanol–water partition coefficient (Wildman–Crippen LogP) is 3.89. The van der Waals surface area contributed by atoms with Crippen LogP contribution in [0.25, 0.3) is 11.0 Å². The molecule has 0 spiro atoms. The third-order valence-corrected chi connectivity index (χ3v) is 5.85. The second-order valence-electron chi connectivity index (χ2n) is 7.97. The molecule has 7 heteroatoms. The molecule has 7 nitrogen and oxygen atoms in total. The fourth-order valence-electron chi connectivity index (χ4n) is 4.09. The van der Waals surface area contributed by atoms with Crippen molar-refractivity contribution in [2.24, 2.45) is 0 Å². The highest BCUT2D eigenvalue weighted by Gasteiger charge is 2.32. The number of hydrogen-bond acceptors (Lipinski definition) is 7. The van der Waals surface area contributed by atoms with Crippen molar-refractivity contribution < 1.29 is 9.53 Å². The molecule has 2 fully saturated rings. The summed E-state index contributed by atoms with van der Waals surface area (Å²) in [7, 11) is 2.09. The summed E-state index contributed by atoms with van der Waals surface area (Å²) < 4.78 is 5.71. The Bertz CT molecular complexity index is 912. The van der Waals surface area contributed by atoms with Gasteiger partial charge in [0, 0.05) is 26.2 Å². The lowest BCUT2D eigenvalue weighted by Crippen LogP contribution is -2.45. The number of hydrogen-bond donors (Lipinski definition) is 0. The number of piperazine rings is 1. The number of rotatable bonds is 4. The minimum Gasteiger partial charge on any atom is -0.461 e. The molecular formula is C24H33N5O2. The Labute approximate surface area is 185 Å². The van der Waals surface area contributed by atoms with Crippen LogP contribution >= 0.6 is 0 Å². The molecule has 0 bridgehead atoms. The topological polar surface area (TPSA) is 82.4 Å². The first kappa shape index (κ1) is 23.0. The number of fused-ring (bicyclic) bond motifs is 1. The van der Waals surface area contributed by atoms with Crippen molar-refractivity contribution in [1.82, 2.24) is 14.9 Å². The Morgan fingerprint density at radius 1 is 1.06 bits per heavy atom. The molecule has 4 rings (SSSR count). The van der Waals surface area contributed by atoms with Crippen LogP contribution in [0.1, 0.15) is 57.6 Å². The number of esters is 1. The van der Waals surface area contributed by atoms with Crippen molar-refractivity contribution in [3.05, 3.63) is 30.0 Å². The molecule has 1 aliphatic carbocycles. The molecule has 2 aromatic rings. The summed E-state index contributed by atoms with van der Waals surface area (Å²) in [4.78, 5) is 26.8. The van der Waals surface area contributed by atoms with Crippen LogP contribution in [-0.4, -0.2) is 60.2 Å². The van der Waals surface area contributed by atoms with Gasteiger partial charge in [-0.15, -0.1) is 0 Å². The minimum atomic E-state index is -1.07. The van der Waals surface area contributed by atoms with Gasteiger partial charge in [0.1, 0.15) is 11.8 Å². The zero-order valence-electron chi connectivity index (χ0n) is 18.9. The van der Waals surface area contributed by atoms with Crippen LogP contribution in [0.3, 0.4) is 0 Å². The number of nitriles is 1. The lowest BCUT2D eigenvalue weighted by Gasteiger charge is -2.34. The van der Waals surface area contributed by atoms with Gasteiger partial charge in [-0.3, -0.25) is 4.79 Å². The first-order valence-corrected chi connectivity index (χ1v) is 11.5. The normalized spacial score (nSPS) is 18.6. The molecule has 2 heterocycles. The van der Waals surface area contributed by atoms with E-state index in [1.165, 1.54) is 6.42 Å². The van der Waals surface area contributed by atoms with Gasteiger partial charge in [-0.25, -0.2) is 9.97 Å². The van der Waals surface area contributed by atoms with E-state index >= 15 is 0 Å². The Morgan fingerprint density at radius 2 is 1.68 bits per heavy atom. The first-order chi connectivity index (χ1) is 15.2. The average molecular weight is 424 g/mol. The summed E-state index contributed by atoms with van der Waals surface area (Å²) >= 11 is 0. The van der Waals surface area contributed by atoms with Gasteiger partial charge in [0.05, 0.1) is 17.1 Å². The van der Waals surface area contributed by atoms with Crippen molar-refractivity contribution in [3.8, 4) is 6.07 Å². The molecule has 31 heavy (non-hydrogen) atoms. The van der Waals surface area contributed by atoms with Gasteiger partial charge in [-0.05, 0) is 44.9 Å². The van der Waals surface area contributed by atoms with Gasteiger partial charge < -0.3 is 14.5 Å². The molecule has 0 radical (unpaired) electrons. The van der Waals surface area contributed by atoms with Gasteiger partial charge in [0.15, 0.2) is 11.7 Å². The van der Waals surface area contributed by atoms with Crippen LogP contribution in [0, 0.1) is 11.3 Å². The maximum atomic E-state index is 12.9. The SMILES string of the molecule is CC.CN1CCN(c2nc3ccccc3nc2C(C#N)C(=O)OC2CCCCC2)CC1. The Morgan fingerprint density at radius 3 is 2.29 bits per heavy atom. The van der Waals surface area contributed by atoms with Crippen molar-refractivity contribution >= 4 is 22.8 Å². The zero-order valence-corrected chi connectivity index (χ0v) is 18.9. The van der Waals surface area contributed by atoms with Crippen molar-refractivity contribution in [3.63, 3.8) is 0 Å². The maximum Gasteiger partial charge on any atom is 0.329 e. The Hall–Kier alpha value is -2.72. The molecule has 0 N–H and O–H groups in total. The summed E-state index contributed by atoms with van der Waals surface area (Å²) in [6, 6.07) is 9.73. The first-order valence-electron chi connectivity index (χ1n) is 11.5. The summed E-state index contributed by atoms with van der Waals surface area (Å²) in [5.41, 5.74) is 1.87. The van der Waals surface area contributed by atoms with E-state index < -0.39 is 11.9 Å². The van der Waals surface area contributed by atoms with Crippen LogP contribution in [0.2, 0.25) is 0 Å². The van der Waals surface area contributed by atoms with E-state index in [0.717, 1.165) is 57.4 Å². The highest BCUT2D eigenvalue weighted by molar-refractivity contribution is 5.85. The third kappa shape index (κ3) is 5.50. The monoisotopic (exact) mass is 423 g/mol. The predicted molar refractivity (Wildman–Crippen MR) is 122 cm³/mol. The number of ether oxygens (including phenoxy) is 1. The molecule has 0 amide bonds. The molecule has 166 valence electrons. The second kappa shape index (κ2) is 11.1. The fourth-order valence-corrected chi connectivity index (χ4v) is 4.09. The van der Waals surface area contributed by atoms with Gasteiger partial charge in [-0.2, -0.15) is 5.26 Å². The minimum absolute atomic E-state index is 0.0902. The molecule has 2 aliphatic rings. The molecule has 1 unspecified atom stereocenters. The van der Waals surface area contributed by atoms with E-state index in [9.17, 15) is 10.1 Å². The molecule has 1 saturated carbocycles. The molecule has 1 saturated heterocycles. The summed E-state index contributed by atoms with van der Waals surface area (Å²) in [6.45, 7) is 7.37. The van der Waals surface area contributed by atoms with Gasteiger partial charge in [-0.1, -0.05) is 32.4 Å². The highest BCUT2D eigenvalue weighted by Crippen LogP contribution is 2.30. The summed E-state index contributed by atoms with van der Waals surface area (Å²) in [5.74, 6) is -0.938. The molecule has 1 atom stereocenters. The lowest BCUT2D eigenvalue weighted by molar-refractivity contribution is -0.150. The number of para-hydroxylation sites is 2. The number of anilines is 1. The maximum absolute atomic E-state index is 12.9. The molecular weight excluding hydrogens is 390 g/mol. The molecule has 1 aromatic carbocycles. The standard InChI is InChI=1S/C22H27N5O2.C2H6/c1-26-11-13-27(14-12-26)21-20(24-18-9-5-6-10-19(18)25-21)17(15-23)22(28)29-16-7-3-2-4-8-16;1-2/h5-6,9-10,16-17H,2-4,7-8,11-14H2,1H3;1-2H3. The van der Waals surface area contributed by atoms with E-state index in [-0.39, 0.29) is 6.10 Å². The zero-order chi connectivity index (χ0) is 22.2. The number of benzene rings is 1. The highest BCUT2D eigenvalue weighted by atomic mass is 16.5. The quantitative estimate of drug-likeness (QED) is 0.690. The van der Waals surface area contributed by atoms with Crippen LogP contribution in [0.4, 0.5) is 5.82 Å². The van der Waals surface area contributed by atoms with E-state index in [1.54, 1.807) is 0 Å². The van der Waals surface area contributed by atoms with Crippen molar-refractivity contribution in [2.45, 2.75) is 58.0 Å². The Balaban J connectivity index is 0.00000132. The lowest BCUT2D eigenvalue weighted by atomic mass is 9.97. The molecule has 1 aromatic heterocycles. The van der Waals surface area contributed by atoms with Crippen molar-refractivity contribution in [2.75, 3.05) is 38.1 Å². The van der Waals surface area contributed by atoms with Gasteiger partial charge in [0.25, 0.3) is 0 Å². The molecule has 1 aliphatic heterocycles. The smallest absolute Gasteiger partial charge is 0.329 e. The van der Waals surface area contributed by atoms with Crippen LogP contribution in [0.15, 0.2) is 24.3 Å². The van der Waals surface area contributed by atoms with Crippen LogP contribution in [-0.2, 0) is 9.53 Å². The van der Waals surface area contributed by atoms with Crippen LogP contribution < -0.4 is 4.90 Å². The number of aromatic nitrogens is 2. The third-order valence-electron chi connectivity index (χ3n) is 5.85. The van der Waals surface area contributed by atoms with Gasteiger partial charge in [0.2, 0.25) is 0 Å². The van der Waals surface area contributed by atoms with Gasteiger partial charge >= 0.3 is 5.97 Å². The van der Waals surface area contributed by atoms with E-state index in [2.05, 4.69) is 22.9 Å². The van der Waals surface area contributed by atoms with E-state index in [0.29, 0.717) is 17.0 Å². The number of nitrogens with zero attached hydrogens (tertiary/aromatic N) is 5. The number of carbonyl (C=O) groups is 1. The fraction of sp³-hybridized carbons (Fsp3) is 0.583. The van der Waals surface area contributed by atoms with Crippen LogP contribution in [0.5, 0.6) is 0 Å². The average Bonchev–Trinajstić information content (AvgIpc) is 2.81. The van der Waals surface area contributed by atoms with Crippen molar-refractivity contribution in [1.29, 1.82) is 5.26 Å². The second-order valence-corrected chi connectivity index (χ2v) is 7.97. The largest absolute Gasteiger partial charge is 0.461 e.